The second kappa shape index (κ2) is 7.11. The summed E-state index contributed by atoms with van der Waals surface area (Å²) in [6.45, 7) is 8.11. The van der Waals surface area contributed by atoms with E-state index in [1.165, 1.54) is 0 Å². The number of carbonyl (C=O) groups excluding carboxylic acids is 1. The van der Waals surface area contributed by atoms with Gasteiger partial charge in [0.15, 0.2) is 0 Å². The molecule has 0 bridgehead atoms. The molecule has 0 aliphatic rings. The molecule has 0 fully saturated rings. The minimum Gasteiger partial charge on any atom is -0.342 e. The molecule has 2 rings (SSSR count). The maximum absolute atomic E-state index is 12.5. The summed E-state index contributed by atoms with van der Waals surface area (Å²) < 4.78 is 0. The minimum atomic E-state index is -0.200. The molecule has 0 aliphatic carbocycles. The van der Waals surface area contributed by atoms with Gasteiger partial charge in [0.1, 0.15) is 11.5 Å². The van der Waals surface area contributed by atoms with Gasteiger partial charge in [0.05, 0.1) is 11.7 Å². The summed E-state index contributed by atoms with van der Waals surface area (Å²) >= 11 is 0. The molecule has 1 atom stereocenters. The molecule has 1 amide bonds. The molecule has 0 aliphatic heterocycles. The Morgan fingerprint density at radius 3 is 2.41 bits per heavy atom. The Bertz CT molecular complexity index is 626. The SMILES string of the molecule is CC(C)c1nccc(C(=O)N[C@@H](c2ccccn2)C(C)C)n1. The predicted molar refractivity (Wildman–Crippen MR) is 85.4 cm³/mol. The van der Waals surface area contributed by atoms with Crippen molar-refractivity contribution in [3.63, 3.8) is 0 Å². The number of hydrogen-bond donors (Lipinski definition) is 1. The third-order valence-corrected chi connectivity index (χ3v) is 3.38. The molecule has 2 aromatic rings. The molecule has 1 N–H and O–H groups in total. The average Bonchev–Trinajstić information content (AvgIpc) is 2.53. The van der Waals surface area contributed by atoms with E-state index in [2.05, 4.69) is 34.1 Å². The van der Waals surface area contributed by atoms with Crippen LogP contribution >= 0.6 is 0 Å². The van der Waals surface area contributed by atoms with E-state index in [1.54, 1.807) is 18.5 Å². The molecular formula is C17H22N4O. The van der Waals surface area contributed by atoms with Crippen molar-refractivity contribution in [2.45, 2.75) is 39.7 Å². The number of rotatable bonds is 5. The average molecular weight is 298 g/mol. The molecule has 0 spiro atoms. The van der Waals surface area contributed by atoms with Crippen LogP contribution in [0.5, 0.6) is 0 Å². The summed E-state index contributed by atoms with van der Waals surface area (Å²) in [5.41, 5.74) is 1.24. The molecule has 0 aromatic carbocycles. The summed E-state index contributed by atoms with van der Waals surface area (Å²) in [5.74, 6) is 0.884. The van der Waals surface area contributed by atoms with Crippen molar-refractivity contribution < 1.29 is 4.79 Å². The van der Waals surface area contributed by atoms with Gasteiger partial charge in [-0.1, -0.05) is 33.8 Å². The van der Waals surface area contributed by atoms with Crippen LogP contribution in [0.15, 0.2) is 36.7 Å². The van der Waals surface area contributed by atoms with Crippen molar-refractivity contribution >= 4 is 5.91 Å². The first kappa shape index (κ1) is 16.1. The van der Waals surface area contributed by atoms with Crippen LogP contribution in [0.2, 0.25) is 0 Å². The molecule has 0 radical (unpaired) electrons. The zero-order valence-electron chi connectivity index (χ0n) is 13.4. The van der Waals surface area contributed by atoms with E-state index in [4.69, 9.17) is 0 Å². The van der Waals surface area contributed by atoms with Gasteiger partial charge in [-0.15, -0.1) is 0 Å². The van der Waals surface area contributed by atoms with Gasteiger partial charge in [-0.2, -0.15) is 0 Å². The van der Waals surface area contributed by atoms with Gasteiger partial charge in [0.2, 0.25) is 0 Å². The Kier molecular flexibility index (Phi) is 5.20. The standard InChI is InChI=1S/C17H22N4O/c1-11(2)15(13-7-5-6-9-18-13)21-17(22)14-8-10-19-16(20-14)12(3)4/h5-12,15H,1-4H3,(H,21,22)/t15-/m1/s1. The highest BCUT2D eigenvalue weighted by molar-refractivity contribution is 5.92. The van der Waals surface area contributed by atoms with Gasteiger partial charge in [-0.05, 0) is 24.1 Å². The predicted octanol–water partition coefficient (Wildman–Crippen LogP) is 3.12. The van der Waals surface area contributed by atoms with Gasteiger partial charge < -0.3 is 5.32 Å². The summed E-state index contributed by atoms with van der Waals surface area (Å²) in [6.07, 6.45) is 3.36. The van der Waals surface area contributed by atoms with Crippen LogP contribution in [-0.4, -0.2) is 20.9 Å². The lowest BCUT2D eigenvalue weighted by Gasteiger charge is -2.21. The van der Waals surface area contributed by atoms with Crippen molar-refractivity contribution in [3.8, 4) is 0 Å². The smallest absolute Gasteiger partial charge is 0.270 e. The van der Waals surface area contributed by atoms with E-state index < -0.39 is 0 Å². The molecule has 0 unspecified atom stereocenters. The highest BCUT2D eigenvalue weighted by atomic mass is 16.1. The van der Waals surface area contributed by atoms with Crippen LogP contribution in [-0.2, 0) is 0 Å². The number of nitrogens with zero attached hydrogens (tertiary/aromatic N) is 3. The van der Waals surface area contributed by atoms with E-state index in [-0.39, 0.29) is 23.8 Å². The van der Waals surface area contributed by atoms with Crippen molar-refractivity contribution in [1.29, 1.82) is 0 Å². The third-order valence-electron chi connectivity index (χ3n) is 3.38. The van der Waals surface area contributed by atoms with Crippen molar-refractivity contribution in [1.82, 2.24) is 20.3 Å². The van der Waals surface area contributed by atoms with Gasteiger partial charge in [0.25, 0.3) is 5.91 Å². The van der Waals surface area contributed by atoms with Gasteiger partial charge in [-0.3, -0.25) is 9.78 Å². The highest BCUT2D eigenvalue weighted by Gasteiger charge is 2.21. The lowest BCUT2D eigenvalue weighted by atomic mass is 10.00. The summed E-state index contributed by atoms with van der Waals surface area (Å²) in [7, 11) is 0. The van der Waals surface area contributed by atoms with E-state index in [0.29, 0.717) is 11.5 Å². The van der Waals surface area contributed by atoms with Crippen molar-refractivity contribution in [2.24, 2.45) is 5.92 Å². The van der Waals surface area contributed by atoms with E-state index in [1.807, 2.05) is 32.0 Å². The fraction of sp³-hybridized carbons (Fsp3) is 0.412. The molecule has 22 heavy (non-hydrogen) atoms. The van der Waals surface area contributed by atoms with Gasteiger partial charge in [0, 0.05) is 18.3 Å². The number of carbonyl (C=O) groups is 1. The maximum Gasteiger partial charge on any atom is 0.270 e. The number of pyridine rings is 1. The summed E-state index contributed by atoms with van der Waals surface area (Å²) in [5, 5.41) is 3.02. The largest absolute Gasteiger partial charge is 0.342 e. The van der Waals surface area contributed by atoms with Gasteiger partial charge >= 0.3 is 0 Å². The topological polar surface area (TPSA) is 67.8 Å². The van der Waals surface area contributed by atoms with Crippen LogP contribution in [0.1, 0.15) is 61.7 Å². The molecule has 0 saturated carbocycles. The Morgan fingerprint density at radius 2 is 1.82 bits per heavy atom. The Balaban J connectivity index is 2.20. The minimum absolute atomic E-state index is 0.147. The first-order valence-corrected chi connectivity index (χ1v) is 7.53. The van der Waals surface area contributed by atoms with Crippen molar-refractivity contribution in [2.75, 3.05) is 0 Å². The quantitative estimate of drug-likeness (QED) is 0.921. The molecule has 5 nitrogen and oxygen atoms in total. The third kappa shape index (κ3) is 3.87. The zero-order chi connectivity index (χ0) is 16.1. The second-order valence-electron chi connectivity index (χ2n) is 5.90. The van der Waals surface area contributed by atoms with E-state index in [9.17, 15) is 4.79 Å². The maximum atomic E-state index is 12.5. The van der Waals surface area contributed by atoms with Crippen LogP contribution in [0, 0.1) is 5.92 Å². The summed E-state index contributed by atoms with van der Waals surface area (Å²) in [6, 6.07) is 7.20. The Labute approximate surface area is 131 Å². The number of nitrogens with one attached hydrogen (secondary N) is 1. The van der Waals surface area contributed by atoms with E-state index in [0.717, 1.165) is 5.69 Å². The molecule has 0 saturated heterocycles. The Morgan fingerprint density at radius 1 is 1.05 bits per heavy atom. The number of hydrogen-bond acceptors (Lipinski definition) is 4. The lowest BCUT2D eigenvalue weighted by Crippen LogP contribution is -2.33. The van der Waals surface area contributed by atoms with Crippen LogP contribution in [0.4, 0.5) is 0 Å². The van der Waals surface area contributed by atoms with Crippen LogP contribution < -0.4 is 5.32 Å². The zero-order valence-corrected chi connectivity index (χ0v) is 13.4. The van der Waals surface area contributed by atoms with E-state index >= 15 is 0 Å². The monoisotopic (exact) mass is 298 g/mol. The molecule has 116 valence electrons. The number of aromatic nitrogens is 3. The van der Waals surface area contributed by atoms with Gasteiger partial charge in [-0.25, -0.2) is 9.97 Å². The van der Waals surface area contributed by atoms with Crippen molar-refractivity contribution in [3.05, 3.63) is 53.9 Å². The lowest BCUT2D eigenvalue weighted by molar-refractivity contribution is 0.0918. The first-order valence-electron chi connectivity index (χ1n) is 7.53. The fourth-order valence-electron chi connectivity index (χ4n) is 2.14. The summed E-state index contributed by atoms with van der Waals surface area (Å²) in [4.78, 5) is 25.3. The van der Waals surface area contributed by atoms with Crippen LogP contribution in [0.25, 0.3) is 0 Å². The molecule has 5 heteroatoms. The fourth-order valence-corrected chi connectivity index (χ4v) is 2.14. The first-order chi connectivity index (χ1) is 10.5. The Hall–Kier alpha value is -2.30. The molecule has 2 aromatic heterocycles. The number of amides is 1. The molecule has 2 heterocycles. The normalized spacial score (nSPS) is 12.5. The highest BCUT2D eigenvalue weighted by Crippen LogP contribution is 2.20. The van der Waals surface area contributed by atoms with Crippen LogP contribution in [0.3, 0.4) is 0 Å². The second-order valence-corrected chi connectivity index (χ2v) is 5.90. The molecular weight excluding hydrogens is 276 g/mol.